The van der Waals surface area contributed by atoms with Crippen molar-refractivity contribution in [3.63, 3.8) is 0 Å². The number of oxime groups is 1. The number of carbonyl (C=O) groups excluding carboxylic acids is 1. The molecule has 5 nitrogen and oxygen atoms in total. The molecule has 2 atom stereocenters. The van der Waals surface area contributed by atoms with E-state index in [9.17, 15) is 4.79 Å². The first-order chi connectivity index (χ1) is 9.54. The number of amides is 1. The van der Waals surface area contributed by atoms with Crippen LogP contribution in [0.5, 0.6) is 5.75 Å². The van der Waals surface area contributed by atoms with E-state index in [4.69, 9.17) is 15.3 Å². The van der Waals surface area contributed by atoms with Crippen LogP contribution in [0.2, 0.25) is 0 Å². The molecule has 0 aromatic heterocycles. The molecule has 1 aliphatic heterocycles. The summed E-state index contributed by atoms with van der Waals surface area (Å²) in [4.78, 5) is 16.9. The summed E-state index contributed by atoms with van der Waals surface area (Å²) >= 11 is 0. The SMILES string of the molecule is CCCOc1ccc(C2C(C)=NOC2C)cc1C(N)=O. The number of ether oxygens (including phenoxy) is 1. The van der Waals surface area contributed by atoms with E-state index >= 15 is 0 Å². The molecule has 5 heteroatoms. The van der Waals surface area contributed by atoms with Gasteiger partial charge in [0.05, 0.1) is 23.8 Å². The number of hydrogen-bond acceptors (Lipinski definition) is 4. The van der Waals surface area contributed by atoms with Gasteiger partial charge in [-0.05, 0) is 38.0 Å². The quantitative estimate of drug-likeness (QED) is 0.897. The van der Waals surface area contributed by atoms with E-state index in [1.54, 1.807) is 12.1 Å². The van der Waals surface area contributed by atoms with Gasteiger partial charge in [-0.15, -0.1) is 0 Å². The molecule has 0 bridgehead atoms. The Balaban J connectivity index is 2.35. The first kappa shape index (κ1) is 14.4. The highest BCUT2D eigenvalue weighted by Crippen LogP contribution is 2.31. The summed E-state index contributed by atoms with van der Waals surface area (Å²) in [5.74, 6) is 0.0942. The molecule has 2 rings (SSSR count). The minimum Gasteiger partial charge on any atom is -0.493 e. The Hall–Kier alpha value is -2.04. The molecule has 1 aromatic rings. The molecule has 1 amide bonds. The number of benzene rings is 1. The van der Waals surface area contributed by atoms with E-state index in [2.05, 4.69) is 5.16 Å². The topological polar surface area (TPSA) is 73.9 Å². The maximum Gasteiger partial charge on any atom is 0.252 e. The molecule has 1 aromatic carbocycles. The van der Waals surface area contributed by atoms with E-state index in [1.807, 2.05) is 26.8 Å². The van der Waals surface area contributed by atoms with Gasteiger partial charge in [0.25, 0.3) is 5.91 Å². The molecule has 1 heterocycles. The summed E-state index contributed by atoms with van der Waals surface area (Å²) in [6.07, 6.45) is 0.831. The zero-order chi connectivity index (χ0) is 14.7. The highest BCUT2D eigenvalue weighted by molar-refractivity contribution is 5.97. The van der Waals surface area contributed by atoms with Gasteiger partial charge in [0.15, 0.2) is 0 Å². The standard InChI is InChI=1S/C15H20N2O3/c1-4-7-19-13-6-5-11(8-12(13)15(16)18)14-9(2)17-20-10(14)3/h5-6,8,10,14H,4,7H2,1-3H3,(H2,16,18). The average Bonchev–Trinajstić information content (AvgIpc) is 2.75. The van der Waals surface area contributed by atoms with Crippen LogP contribution in [0.1, 0.15) is 49.0 Å². The largest absolute Gasteiger partial charge is 0.493 e. The summed E-state index contributed by atoms with van der Waals surface area (Å²) in [6, 6.07) is 5.51. The van der Waals surface area contributed by atoms with Gasteiger partial charge >= 0.3 is 0 Å². The van der Waals surface area contributed by atoms with E-state index in [0.29, 0.717) is 17.9 Å². The van der Waals surface area contributed by atoms with Crippen molar-refractivity contribution in [3.05, 3.63) is 29.3 Å². The Bertz CT molecular complexity index is 540. The minimum absolute atomic E-state index is 0.0434. The summed E-state index contributed by atoms with van der Waals surface area (Å²) < 4.78 is 5.56. The highest BCUT2D eigenvalue weighted by Gasteiger charge is 2.30. The highest BCUT2D eigenvalue weighted by atomic mass is 16.6. The predicted octanol–water partition coefficient (Wildman–Crippen LogP) is 2.45. The molecule has 1 aliphatic rings. The molecule has 108 valence electrons. The molecule has 0 spiro atoms. The Labute approximate surface area is 118 Å². The van der Waals surface area contributed by atoms with Crippen LogP contribution in [0.25, 0.3) is 0 Å². The minimum atomic E-state index is -0.487. The van der Waals surface area contributed by atoms with E-state index in [-0.39, 0.29) is 12.0 Å². The molecular formula is C15H20N2O3. The van der Waals surface area contributed by atoms with Crippen molar-refractivity contribution < 1.29 is 14.4 Å². The van der Waals surface area contributed by atoms with Crippen molar-refractivity contribution >= 4 is 11.6 Å². The van der Waals surface area contributed by atoms with Gasteiger partial charge in [-0.1, -0.05) is 18.1 Å². The Kier molecular flexibility index (Phi) is 4.27. The van der Waals surface area contributed by atoms with E-state index in [1.165, 1.54) is 0 Å². The van der Waals surface area contributed by atoms with Gasteiger partial charge in [-0.3, -0.25) is 4.79 Å². The van der Waals surface area contributed by atoms with E-state index in [0.717, 1.165) is 17.7 Å². The van der Waals surface area contributed by atoms with Crippen molar-refractivity contribution in [3.8, 4) is 5.75 Å². The van der Waals surface area contributed by atoms with Crippen molar-refractivity contribution in [2.24, 2.45) is 10.9 Å². The lowest BCUT2D eigenvalue weighted by Gasteiger charge is -2.16. The van der Waals surface area contributed by atoms with Crippen molar-refractivity contribution in [2.45, 2.75) is 39.2 Å². The third kappa shape index (κ3) is 2.76. The third-order valence-electron chi connectivity index (χ3n) is 3.37. The normalized spacial score (nSPS) is 21.2. The first-order valence-electron chi connectivity index (χ1n) is 6.81. The lowest BCUT2D eigenvalue weighted by atomic mass is 9.89. The molecule has 0 saturated carbocycles. The number of carbonyl (C=O) groups is 1. The Morgan fingerprint density at radius 3 is 2.80 bits per heavy atom. The Morgan fingerprint density at radius 1 is 1.50 bits per heavy atom. The molecular weight excluding hydrogens is 256 g/mol. The molecule has 0 fully saturated rings. The predicted molar refractivity (Wildman–Crippen MR) is 77.1 cm³/mol. The average molecular weight is 276 g/mol. The number of primary amides is 1. The summed E-state index contributed by atoms with van der Waals surface area (Å²) in [6.45, 7) is 6.44. The van der Waals surface area contributed by atoms with Crippen molar-refractivity contribution in [1.82, 2.24) is 0 Å². The maximum absolute atomic E-state index is 11.6. The molecule has 0 aliphatic carbocycles. The zero-order valence-electron chi connectivity index (χ0n) is 12.1. The second kappa shape index (κ2) is 5.94. The van der Waals surface area contributed by atoms with Crippen LogP contribution in [0, 0.1) is 0 Å². The van der Waals surface area contributed by atoms with Gasteiger partial charge in [0.1, 0.15) is 11.9 Å². The van der Waals surface area contributed by atoms with E-state index < -0.39 is 5.91 Å². The van der Waals surface area contributed by atoms with Crippen LogP contribution in [-0.4, -0.2) is 24.3 Å². The number of nitrogens with zero attached hydrogens (tertiary/aromatic N) is 1. The van der Waals surface area contributed by atoms with Crippen LogP contribution in [0.4, 0.5) is 0 Å². The van der Waals surface area contributed by atoms with Crippen molar-refractivity contribution in [2.75, 3.05) is 6.61 Å². The van der Waals surface area contributed by atoms with Gasteiger partial charge in [-0.25, -0.2) is 0 Å². The van der Waals surface area contributed by atoms with Crippen molar-refractivity contribution in [1.29, 1.82) is 0 Å². The maximum atomic E-state index is 11.6. The first-order valence-corrected chi connectivity index (χ1v) is 6.81. The zero-order valence-corrected chi connectivity index (χ0v) is 12.1. The molecule has 20 heavy (non-hydrogen) atoms. The number of rotatable bonds is 5. The fourth-order valence-corrected chi connectivity index (χ4v) is 2.41. The van der Waals surface area contributed by atoms with Crippen LogP contribution in [0.15, 0.2) is 23.4 Å². The van der Waals surface area contributed by atoms with Gasteiger partial charge in [-0.2, -0.15) is 0 Å². The summed E-state index contributed by atoms with van der Waals surface area (Å²) in [7, 11) is 0. The van der Waals surface area contributed by atoms with Gasteiger partial charge in [0.2, 0.25) is 0 Å². The second-order valence-corrected chi connectivity index (χ2v) is 4.99. The lowest BCUT2D eigenvalue weighted by Crippen LogP contribution is -2.19. The second-order valence-electron chi connectivity index (χ2n) is 4.99. The molecule has 2 N–H and O–H groups in total. The van der Waals surface area contributed by atoms with Crippen LogP contribution >= 0.6 is 0 Å². The van der Waals surface area contributed by atoms with Crippen LogP contribution in [-0.2, 0) is 4.84 Å². The van der Waals surface area contributed by atoms with Gasteiger partial charge < -0.3 is 15.3 Å². The number of hydrogen-bond donors (Lipinski definition) is 1. The lowest BCUT2D eigenvalue weighted by molar-refractivity contribution is 0.0903. The monoisotopic (exact) mass is 276 g/mol. The summed E-state index contributed by atoms with van der Waals surface area (Å²) in [5.41, 5.74) is 7.71. The Morgan fingerprint density at radius 2 is 2.25 bits per heavy atom. The fourth-order valence-electron chi connectivity index (χ4n) is 2.41. The van der Waals surface area contributed by atoms with Crippen LogP contribution < -0.4 is 10.5 Å². The number of nitrogens with two attached hydrogens (primary N) is 1. The van der Waals surface area contributed by atoms with Gasteiger partial charge in [0, 0.05) is 0 Å². The smallest absolute Gasteiger partial charge is 0.252 e. The molecule has 2 unspecified atom stereocenters. The summed E-state index contributed by atoms with van der Waals surface area (Å²) in [5, 5.41) is 3.99. The fraction of sp³-hybridized carbons (Fsp3) is 0.467. The molecule has 0 radical (unpaired) electrons. The van der Waals surface area contributed by atoms with Crippen LogP contribution in [0.3, 0.4) is 0 Å². The molecule has 0 saturated heterocycles. The third-order valence-corrected chi connectivity index (χ3v) is 3.37.